The second kappa shape index (κ2) is 8.00. The molecule has 3 fully saturated rings. The maximum absolute atomic E-state index is 12.8. The van der Waals surface area contributed by atoms with Gasteiger partial charge in [0.25, 0.3) is 0 Å². The molecule has 0 amide bonds. The van der Waals surface area contributed by atoms with Crippen LogP contribution < -0.4 is 0 Å². The van der Waals surface area contributed by atoms with E-state index in [-0.39, 0.29) is 22.2 Å². The molecule has 33 heavy (non-hydrogen) atoms. The number of hydrogen-bond donors (Lipinski definition) is 1. The zero-order valence-electron chi connectivity index (χ0n) is 21.8. The number of nitriles is 1. The van der Waals surface area contributed by atoms with Gasteiger partial charge in [0.05, 0.1) is 11.5 Å². The molecular formula is C30H45NO2. The molecule has 1 N–H and O–H groups in total. The summed E-state index contributed by atoms with van der Waals surface area (Å²) in [6, 6.07) is 2.43. The van der Waals surface area contributed by atoms with E-state index in [1.807, 2.05) is 0 Å². The van der Waals surface area contributed by atoms with Crippen molar-refractivity contribution < 1.29 is 9.90 Å². The van der Waals surface area contributed by atoms with Crippen molar-refractivity contribution in [2.24, 2.45) is 51.2 Å². The largest absolute Gasteiger partial charge is 0.481 e. The average molecular weight is 452 g/mol. The predicted octanol–water partition coefficient (Wildman–Crippen LogP) is 7.79. The first-order chi connectivity index (χ1) is 15.4. The van der Waals surface area contributed by atoms with Crippen LogP contribution in [0.1, 0.15) is 99.3 Å². The summed E-state index contributed by atoms with van der Waals surface area (Å²) in [5.74, 6) is 1.51. The minimum absolute atomic E-state index is 0.0266. The van der Waals surface area contributed by atoms with Gasteiger partial charge >= 0.3 is 5.97 Å². The van der Waals surface area contributed by atoms with Gasteiger partial charge in [0, 0.05) is 6.42 Å². The molecule has 3 heteroatoms. The van der Waals surface area contributed by atoms with Crippen LogP contribution in [0.3, 0.4) is 0 Å². The molecule has 0 spiro atoms. The molecule has 0 heterocycles. The summed E-state index contributed by atoms with van der Waals surface area (Å²) in [7, 11) is 0. The van der Waals surface area contributed by atoms with Crippen LogP contribution >= 0.6 is 0 Å². The van der Waals surface area contributed by atoms with Gasteiger partial charge in [0.15, 0.2) is 0 Å². The monoisotopic (exact) mass is 451 g/mol. The molecule has 0 radical (unpaired) electrons. The molecule has 4 rings (SSSR count). The summed E-state index contributed by atoms with van der Waals surface area (Å²) in [5, 5.41) is 20.0. The number of hydrogen-bond acceptors (Lipinski definition) is 2. The molecule has 3 nitrogen and oxygen atoms in total. The molecule has 0 aromatic rings. The lowest BCUT2D eigenvalue weighted by molar-refractivity contribution is -0.173. The highest BCUT2D eigenvalue weighted by Gasteiger charge is 2.67. The number of aliphatic carboxylic acids is 1. The van der Waals surface area contributed by atoms with Gasteiger partial charge in [-0.1, -0.05) is 58.4 Å². The van der Waals surface area contributed by atoms with Gasteiger partial charge in [-0.05, 0) is 104 Å². The molecule has 1 unspecified atom stereocenters. The van der Waals surface area contributed by atoms with Crippen molar-refractivity contribution in [3.8, 4) is 6.07 Å². The van der Waals surface area contributed by atoms with Gasteiger partial charge in [-0.25, -0.2) is 0 Å². The zero-order valence-corrected chi connectivity index (χ0v) is 21.8. The van der Waals surface area contributed by atoms with Crippen LogP contribution in [0.25, 0.3) is 0 Å². The third-order valence-corrected chi connectivity index (χ3v) is 12.1. The number of rotatable bonds is 4. The number of allylic oxidation sites excluding steroid dienone is 3. The van der Waals surface area contributed by atoms with E-state index < -0.39 is 11.4 Å². The third-order valence-electron chi connectivity index (χ3n) is 12.1. The van der Waals surface area contributed by atoms with E-state index in [1.54, 1.807) is 0 Å². The molecule has 0 aliphatic heterocycles. The van der Waals surface area contributed by atoms with Gasteiger partial charge in [0.1, 0.15) is 0 Å². The molecule has 0 aromatic carbocycles. The highest BCUT2D eigenvalue weighted by Crippen LogP contribution is 2.74. The van der Waals surface area contributed by atoms with Crippen molar-refractivity contribution in [2.75, 3.05) is 0 Å². The van der Waals surface area contributed by atoms with Crippen LogP contribution in [-0.4, -0.2) is 11.1 Å². The van der Waals surface area contributed by atoms with Crippen molar-refractivity contribution in [1.82, 2.24) is 0 Å². The van der Waals surface area contributed by atoms with E-state index in [2.05, 4.69) is 60.3 Å². The first-order valence-corrected chi connectivity index (χ1v) is 13.4. The maximum Gasteiger partial charge on any atom is 0.310 e. The molecule has 4 aliphatic carbocycles. The summed E-state index contributed by atoms with van der Waals surface area (Å²) in [5.41, 5.74) is 2.37. The fraction of sp³-hybridized carbons (Fsp3) is 0.800. The zero-order chi connectivity index (χ0) is 24.4. The highest BCUT2D eigenvalue weighted by atomic mass is 16.4. The molecule has 0 aromatic heterocycles. The predicted molar refractivity (Wildman–Crippen MR) is 133 cm³/mol. The lowest BCUT2D eigenvalue weighted by atomic mass is 9.35. The van der Waals surface area contributed by atoms with Crippen LogP contribution in [0, 0.1) is 62.6 Å². The average Bonchev–Trinajstić information content (AvgIpc) is 2.75. The Balaban J connectivity index is 1.84. The fourth-order valence-corrected chi connectivity index (χ4v) is 9.71. The minimum atomic E-state index is -0.584. The Labute approximate surface area is 201 Å². The Morgan fingerprint density at radius 3 is 2.48 bits per heavy atom. The standard InChI is InChI=1S/C30H45NO2/c1-19(2)22-12-14-29(7)24(27(22,5)13-8-18-31)10-9-23-25-21(4)20(3)11-15-30(25,26(32)33)17-16-28(23,29)6/h9,20-22,24-25H,1,8,10-17H2,2-7H3,(H,32,33)/t20-,21+,22-,24-,25?,27+,28-,29-,30+/m1/s1. The number of fused-ring (bicyclic) bond motifs is 5. The van der Waals surface area contributed by atoms with Crippen LogP contribution in [-0.2, 0) is 4.79 Å². The second-order valence-corrected chi connectivity index (χ2v) is 13.1. The van der Waals surface area contributed by atoms with Gasteiger partial charge in [0.2, 0.25) is 0 Å². The minimum Gasteiger partial charge on any atom is -0.481 e. The van der Waals surface area contributed by atoms with E-state index >= 15 is 0 Å². The van der Waals surface area contributed by atoms with Crippen molar-refractivity contribution in [3.63, 3.8) is 0 Å². The summed E-state index contributed by atoms with van der Waals surface area (Å²) in [6.45, 7) is 18.6. The lowest BCUT2D eigenvalue weighted by Gasteiger charge is -2.69. The van der Waals surface area contributed by atoms with Crippen molar-refractivity contribution in [3.05, 3.63) is 23.8 Å². The third kappa shape index (κ3) is 3.15. The van der Waals surface area contributed by atoms with Crippen molar-refractivity contribution >= 4 is 5.97 Å². The number of carboxylic acid groups (broad SMARTS) is 1. The van der Waals surface area contributed by atoms with Gasteiger partial charge < -0.3 is 5.11 Å². The Morgan fingerprint density at radius 1 is 1.18 bits per heavy atom. The van der Waals surface area contributed by atoms with E-state index in [1.165, 1.54) is 17.6 Å². The normalized spacial score (nSPS) is 49.0. The van der Waals surface area contributed by atoms with E-state index in [0.29, 0.717) is 30.1 Å². The van der Waals surface area contributed by atoms with E-state index in [0.717, 1.165) is 44.9 Å². The van der Waals surface area contributed by atoms with Gasteiger partial charge in [-0.15, -0.1) is 0 Å². The SMILES string of the molecule is C=C(C)[C@H]1CC[C@]2(C)[C@H](CC=C3C4[C@@H](C)[C@H](C)CC[C@]4(C(=O)O)CC[C@]32C)[C@@]1(C)CCC#N. The van der Waals surface area contributed by atoms with Crippen LogP contribution in [0.15, 0.2) is 23.8 Å². The number of carbonyl (C=O) groups is 1. The Morgan fingerprint density at radius 2 is 1.88 bits per heavy atom. The summed E-state index contributed by atoms with van der Waals surface area (Å²) in [4.78, 5) is 12.8. The van der Waals surface area contributed by atoms with E-state index in [9.17, 15) is 15.2 Å². The summed E-state index contributed by atoms with van der Waals surface area (Å²) < 4.78 is 0. The van der Waals surface area contributed by atoms with Gasteiger partial charge in [-0.2, -0.15) is 5.26 Å². The molecule has 3 saturated carbocycles. The number of nitrogens with zero attached hydrogens (tertiary/aromatic N) is 1. The second-order valence-electron chi connectivity index (χ2n) is 13.1. The lowest BCUT2D eigenvalue weighted by Crippen LogP contribution is -2.62. The summed E-state index contributed by atoms with van der Waals surface area (Å²) in [6.07, 6.45) is 11.0. The van der Waals surface area contributed by atoms with Crippen LogP contribution in [0.5, 0.6) is 0 Å². The molecule has 0 bridgehead atoms. The summed E-state index contributed by atoms with van der Waals surface area (Å²) >= 11 is 0. The molecular weight excluding hydrogens is 406 g/mol. The highest BCUT2D eigenvalue weighted by molar-refractivity contribution is 5.76. The van der Waals surface area contributed by atoms with E-state index in [4.69, 9.17) is 0 Å². The van der Waals surface area contributed by atoms with Crippen LogP contribution in [0.2, 0.25) is 0 Å². The smallest absolute Gasteiger partial charge is 0.310 e. The molecule has 9 atom stereocenters. The first-order valence-electron chi connectivity index (χ1n) is 13.4. The number of carboxylic acids is 1. The van der Waals surface area contributed by atoms with Gasteiger partial charge in [-0.3, -0.25) is 4.79 Å². The molecule has 4 aliphatic rings. The molecule has 182 valence electrons. The fourth-order valence-electron chi connectivity index (χ4n) is 9.71. The van der Waals surface area contributed by atoms with Crippen molar-refractivity contribution in [1.29, 1.82) is 5.26 Å². The molecule has 0 saturated heterocycles. The quantitative estimate of drug-likeness (QED) is 0.444. The van der Waals surface area contributed by atoms with Crippen LogP contribution in [0.4, 0.5) is 0 Å². The first kappa shape index (κ1) is 24.6. The Kier molecular flexibility index (Phi) is 5.95. The Hall–Kier alpha value is -1.56. The maximum atomic E-state index is 12.8. The Bertz CT molecular complexity index is 913. The van der Waals surface area contributed by atoms with Crippen molar-refractivity contribution in [2.45, 2.75) is 99.3 Å². The topological polar surface area (TPSA) is 61.1 Å².